The lowest BCUT2D eigenvalue weighted by Gasteiger charge is -2.40. The largest absolute Gasteiger partial charge is 0.224 e. The van der Waals surface area contributed by atoms with Gasteiger partial charge in [-0.15, -0.1) is 10.2 Å². The first-order valence-electron chi connectivity index (χ1n) is 18.9. The van der Waals surface area contributed by atoms with E-state index in [1.165, 1.54) is 54.3 Å². The average Bonchev–Trinajstić information content (AvgIpc) is 3.57. The van der Waals surface area contributed by atoms with Gasteiger partial charge in [0.1, 0.15) is 11.4 Å². The highest BCUT2D eigenvalue weighted by molar-refractivity contribution is 7.99. The van der Waals surface area contributed by atoms with Crippen LogP contribution < -0.4 is 0 Å². The maximum absolute atomic E-state index is 5.08. The maximum Gasteiger partial charge on any atom is 0.182 e. The predicted molar refractivity (Wildman–Crippen MR) is 228 cm³/mol. The molecule has 0 saturated heterocycles. The minimum atomic E-state index is -0.409. The van der Waals surface area contributed by atoms with Crippen LogP contribution in [0.3, 0.4) is 0 Å². The molecule has 1 spiro atoms. The molecule has 0 N–H and O–H groups in total. The van der Waals surface area contributed by atoms with Gasteiger partial charge in [-0.3, -0.25) is 0 Å². The van der Waals surface area contributed by atoms with E-state index in [0.29, 0.717) is 5.82 Å². The third-order valence-corrected chi connectivity index (χ3v) is 12.4. The van der Waals surface area contributed by atoms with Crippen LogP contribution in [0.2, 0.25) is 0 Å². The van der Waals surface area contributed by atoms with Crippen LogP contribution in [0.4, 0.5) is 0 Å². The summed E-state index contributed by atoms with van der Waals surface area (Å²) in [5, 5.41) is 9.42. The number of fused-ring (bicyclic) bond motifs is 9. The van der Waals surface area contributed by atoms with Gasteiger partial charge >= 0.3 is 0 Å². The average molecular weight is 732 g/mol. The quantitative estimate of drug-likeness (QED) is 0.177. The molecule has 0 unspecified atom stereocenters. The Morgan fingerprint density at radius 3 is 1.50 bits per heavy atom. The van der Waals surface area contributed by atoms with Gasteiger partial charge in [0.15, 0.2) is 5.82 Å². The lowest BCUT2D eigenvalue weighted by Crippen LogP contribution is -2.32. The van der Waals surface area contributed by atoms with Gasteiger partial charge in [-0.05, 0) is 86.0 Å². The number of nitrogens with zero attached hydrogens (tertiary/aromatic N) is 3. The molecule has 2 aliphatic rings. The Balaban J connectivity index is 1.03. The van der Waals surface area contributed by atoms with Crippen LogP contribution >= 0.6 is 11.8 Å². The molecule has 1 aliphatic heterocycles. The molecule has 1 aliphatic carbocycles. The van der Waals surface area contributed by atoms with Gasteiger partial charge < -0.3 is 0 Å². The molecule has 8 aromatic carbocycles. The highest BCUT2D eigenvalue weighted by Gasteiger charge is 2.50. The molecule has 0 atom stereocenters. The Morgan fingerprint density at radius 1 is 0.321 bits per heavy atom. The lowest BCUT2D eigenvalue weighted by atomic mass is 9.67. The second-order valence-corrected chi connectivity index (χ2v) is 15.5. The molecule has 0 amide bonds. The Bertz CT molecular complexity index is 2910. The van der Waals surface area contributed by atoms with Gasteiger partial charge in [-0.25, -0.2) is 4.98 Å². The van der Waals surface area contributed by atoms with Crippen LogP contribution in [0.15, 0.2) is 210 Å². The number of rotatable bonds is 5. The summed E-state index contributed by atoms with van der Waals surface area (Å²) >= 11 is 1.88. The smallest absolute Gasteiger partial charge is 0.182 e. The van der Waals surface area contributed by atoms with Gasteiger partial charge in [0.05, 0.1) is 5.41 Å². The number of hydrogen-bond acceptors (Lipinski definition) is 4. The standard InChI is InChI=1S/C52H33N3S/c1-3-15-34(16-4-1)49-50(54-55-51(53-49)35-17-5-2-6-18-35)40-22-14-21-38(32-40)36-19-13-20-37(31-36)39-29-30-48-46(33-39)52(45-27-11-12-28-47(45)56-48)43-25-9-7-23-41(43)42-24-8-10-26-44(42)52/h1-33H. The van der Waals surface area contributed by atoms with Gasteiger partial charge in [-0.2, -0.15) is 0 Å². The molecule has 4 heteroatoms. The lowest BCUT2D eigenvalue weighted by molar-refractivity contribution is 0.723. The van der Waals surface area contributed by atoms with Crippen molar-refractivity contribution in [1.29, 1.82) is 0 Å². The van der Waals surface area contributed by atoms with Crippen LogP contribution in [0.25, 0.3) is 67.3 Å². The third kappa shape index (κ3) is 5.10. The summed E-state index contributed by atoms with van der Waals surface area (Å²) in [7, 11) is 0. The van der Waals surface area contributed by atoms with Crippen molar-refractivity contribution >= 4 is 11.8 Å². The summed E-state index contributed by atoms with van der Waals surface area (Å²) in [6.07, 6.45) is 0. The molecule has 2 heterocycles. The van der Waals surface area contributed by atoms with Crippen LogP contribution in [0, 0.1) is 0 Å². The summed E-state index contributed by atoms with van der Waals surface area (Å²) in [4.78, 5) is 7.69. The van der Waals surface area contributed by atoms with Crippen molar-refractivity contribution < 1.29 is 0 Å². The van der Waals surface area contributed by atoms with Crippen LogP contribution in [-0.4, -0.2) is 15.2 Å². The molecule has 56 heavy (non-hydrogen) atoms. The molecule has 0 bridgehead atoms. The van der Waals surface area contributed by atoms with Crippen molar-refractivity contribution in [2.75, 3.05) is 0 Å². The molecule has 1 aromatic heterocycles. The summed E-state index contributed by atoms with van der Waals surface area (Å²) < 4.78 is 0. The maximum atomic E-state index is 5.08. The molecule has 0 radical (unpaired) electrons. The Morgan fingerprint density at radius 2 is 0.821 bits per heavy atom. The van der Waals surface area contributed by atoms with Crippen LogP contribution in [0.1, 0.15) is 22.3 Å². The number of benzene rings is 8. The molecule has 0 fully saturated rings. The SMILES string of the molecule is c1ccc(-c2nnc(-c3cccc(-c4cccc(-c5ccc6c(c5)C5(c7ccccc7S6)c6ccccc6-c6ccccc65)c4)c3)c(-c3ccccc3)n2)cc1. The van der Waals surface area contributed by atoms with E-state index in [9.17, 15) is 0 Å². The van der Waals surface area contributed by atoms with Crippen molar-refractivity contribution in [2.45, 2.75) is 15.2 Å². The van der Waals surface area contributed by atoms with Crippen LogP contribution in [0.5, 0.6) is 0 Å². The van der Waals surface area contributed by atoms with E-state index in [2.05, 4.69) is 157 Å². The second-order valence-electron chi connectivity index (χ2n) is 14.4. The first kappa shape index (κ1) is 32.5. The van der Waals surface area contributed by atoms with Crippen LogP contribution in [-0.2, 0) is 5.41 Å². The Kier molecular flexibility index (Phi) is 7.64. The van der Waals surface area contributed by atoms with E-state index in [0.717, 1.165) is 39.2 Å². The van der Waals surface area contributed by atoms with Crippen molar-refractivity contribution in [1.82, 2.24) is 15.2 Å². The molecular weight excluding hydrogens is 699 g/mol. The molecule has 9 aromatic rings. The summed E-state index contributed by atoms with van der Waals surface area (Å²) in [6.45, 7) is 0. The highest BCUT2D eigenvalue weighted by Crippen LogP contribution is 2.62. The minimum absolute atomic E-state index is 0.409. The van der Waals surface area contributed by atoms with E-state index in [-0.39, 0.29) is 0 Å². The summed E-state index contributed by atoms with van der Waals surface area (Å²) in [5.41, 5.74) is 16.7. The summed E-state index contributed by atoms with van der Waals surface area (Å²) in [5.74, 6) is 0.607. The monoisotopic (exact) mass is 731 g/mol. The number of aromatic nitrogens is 3. The zero-order chi connectivity index (χ0) is 37.1. The normalized spacial score (nSPS) is 13.1. The fourth-order valence-corrected chi connectivity index (χ4v) is 9.96. The van der Waals surface area contributed by atoms with E-state index in [4.69, 9.17) is 10.1 Å². The van der Waals surface area contributed by atoms with Gasteiger partial charge in [0.25, 0.3) is 0 Å². The van der Waals surface area contributed by atoms with Gasteiger partial charge in [0.2, 0.25) is 0 Å². The van der Waals surface area contributed by atoms with Crippen molar-refractivity contribution in [3.8, 4) is 67.3 Å². The zero-order valence-electron chi connectivity index (χ0n) is 30.3. The Hall–Kier alpha value is -6.88. The first-order chi connectivity index (χ1) is 27.8. The highest BCUT2D eigenvalue weighted by atomic mass is 32.2. The molecule has 262 valence electrons. The van der Waals surface area contributed by atoms with Crippen molar-refractivity contribution in [3.05, 3.63) is 222 Å². The zero-order valence-corrected chi connectivity index (χ0v) is 31.1. The second kappa shape index (κ2) is 13.2. The topological polar surface area (TPSA) is 38.7 Å². The molecule has 0 saturated carbocycles. The van der Waals surface area contributed by atoms with E-state index < -0.39 is 5.41 Å². The van der Waals surface area contributed by atoms with E-state index in [1.807, 2.05) is 60.3 Å². The molecular formula is C52H33N3S. The fourth-order valence-electron chi connectivity index (χ4n) is 8.79. The summed E-state index contributed by atoms with van der Waals surface area (Å²) in [6, 6.07) is 71.8. The van der Waals surface area contributed by atoms with Crippen molar-refractivity contribution in [2.24, 2.45) is 0 Å². The third-order valence-electron chi connectivity index (χ3n) is 11.3. The first-order valence-corrected chi connectivity index (χ1v) is 19.8. The van der Waals surface area contributed by atoms with Gasteiger partial charge in [-0.1, -0.05) is 182 Å². The molecule has 3 nitrogen and oxygen atoms in total. The molecule has 11 rings (SSSR count). The van der Waals surface area contributed by atoms with E-state index >= 15 is 0 Å². The number of hydrogen-bond donors (Lipinski definition) is 0. The van der Waals surface area contributed by atoms with Crippen molar-refractivity contribution in [3.63, 3.8) is 0 Å². The minimum Gasteiger partial charge on any atom is -0.224 e. The van der Waals surface area contributed by atoms with Gasteiger partial charge in [0, 0.05) is 26.5 Å². The van der Waals surface area contributed by atoms with E-state index in [1.54, 1.807) is 0 Å². The fraction of sp³-hybridized carbons (Fsp3) is 0.0192. The predicted octanol–water partition coefficient (Wildman–Crippen LogP) is 13.0. The Labute approximate surface area is 330 Å².